The molecule has 0 unspecified atom stereocenters. The third-order valence-electron chi connectivity index (χ3n) is 8.47. The van der Waals surface area contributed by atoms with Crippen LogP contribution in [0.1, 0.15) is 5.56 Å². The Balaban J connectivity index is 1.27. The first kappa shape index (κ1) is 41.9. The topological polar surface area (TPSA) is 305 Å². The fourth-order valence-electron chi connectivity index (χ4n) is 5.66. The van der Waals surface area contributed by atoms with E-state index < -0.39 is 56.5 Å². The molecule has 1 amide bonds. The first-order valence-corrected chi connectivity index (χ1v) is 20.7. The molecule has 0 atom stereocenters. The van der Waals surface area contributed by atoms with E-state index in [1.54, 1.807) is 13.0 Å². The minimum Gasteiger partial charge on any atom is -0.505 e. The summed E-state index contributed by atoms with van der Waals surface area (Å²) in [4.78, 5) is 8.63. The van der Waals surface area contributed by atoms with Crippen LogP contribution in [-0.2, 0) is 35.1 Å². The van der Waals surface area contributed by atoms with Crippen LogP contribution in [0, 0.1) is 6.92 Å². The Morgan fingerprint density at radius 2 is 1.20 bits per heavy atom. The molecule has 6 rings (SSSR count). The van der Waals surface area contributed by atoms with E-state index >= 15 is 0 Å². The van der Waals surface area contributed by atoms with Crippen LogP contribution in [0.3, 0.4) is 0 Å². The molecule has 0 aliphatic carbocycles. The second kappa shape index (κ2) is 16.2. The van der Waals surface area contributed by atoms with Crippen molar-refractivity contribution in [2.24, 2.45) is 30.7 Å². The Kier molecular flexibility index (Phi) is 11.5. The molecule has 6 aromatic rings. The molecule has 23 heteroatoms. The normalized spacial score (nSPS) is 12.6. The molecular weight excluding hydrogens is 835 g/mol. The number of hydrogen-bond donors (Lipinski definition) is 5. The average molecular weight is 864 g/mol. The molecule has 0 aromatic heterocycles. The molecule has 0 radical (unpaired) electrons. The van der Waals surface area contributed by atoms with Crippen molar-refractivity contribution in [2.45, 2.75) is 21.6 Å². The van der Waals surface area contributed by atoms with E-state index in [9.17, 15) is 48.8 Å². The van der Waals surface area contributed by atoms with E-state index in [2.05, 4.69) is 36.0 Å². The van der Waals surface area contributed by atoms with Crippen LogP contribution >= 0.6 is 0 Å². The summed E-state index contributed by atoms with van der Waals surface area (Å²) in [6.07, 6.45) is 0.421. The number of rotatable bonds is 13. The van der Waals surface area contributed by atoms with Crippen LogP contribution in [0.25, 0.3) is 21.5 Å². The second-order valence-electron chi connectivity index (χ2n) is 12.3. The number of phenolic OH excluding ortho intramolecular Hbond substituents is 1. The minimum atomic E-state index is -4.92. The van der Waals surface area contributed by atoms with Gasteiger partial charge in [0.2, 0.25) is 6.41 Å². The molecule has 0 spiro atoms. The van der Waals surface area contributed by atoms with Crippen molar-refractivity contribution in [3.8, 4) is 17.2 Å². The number of carbonyl (C=O) groups excluding carboxylic acids is 1. The van der Waals surface area contributed by atoms with Gasteiger partial charge >= 0.3 is 0 Å². The van der Waals surface area contributed by atoms with Crippen molar-refractivity contribution < 1.29 is 58.3 Å². The van der Waals surface area contributed by atoms with Gasteiger partial charge < -0.3 is 19.9 Å². The molecule has 0 fully saturated rings. The monoisotopic (exact) mass is 863 g/mol. The lowest BCUT2D eigenvalue weighted by atomic mass is 10.1. The number of anilines is 1. The van der Waals surface area contributed by atoms with Crippen molar-refractivity contribution in [3.05, 3.63) is 90.5 Å². The highest BCUT2D eigenvalue weighted by molar-refractivity contribution is 7.87. The van der Waals surface area contributed by atoms with E-state index in [4.69, 9.17) is 9.47 Å². The van der Waals surface area contributed by atoms with Gasteiger partial charge in [-0.25, -0.2) is 0 Å². The number of aryl methyl sites for hydroxylation is 1. The molecule has 0 saturated carbocycles. The summed E-state index contributed by atoms with van der Waals surface area (Å²) in [5.41, 5.74) is 1.40. The van der Waals surface area contributed by atoms with Gasteiger partial charge in [0.1, 0.15) is 38.4 Å². The van der Waals surface area contributed by atoms with E-state index in [1.165, 1.54) is 74.9 Å². The minimum absolute atomic E-state index is 0.0761. The lowest BCUT2D eigenvalue weighted by molar-refractivity contribution is -0.105. The number of methoxy groups -OCH3 is 2. The van der Waals surface area contributed by atoms with E-state index in [1.807, 2.05) is 0 Å². The molecule has 20 nitrogen and oxygen atoms in total. The fraction of sp³-hybridized carbons (Fsp3) is 0.0833. The highest BCUT2D eigenvalue weighted by Gasteiger charge is 2.23. The van der Waals surface area contributed by atoms with Crippen molar-refractivity contribution in [3.63, 3.8) is 0 Å². The number of nitrogens with one attached hydrogen (secondary N) is 1. The van der Waals surface area contributed by atoms with Crippen molar-refractivity contribution in [2.75, 3.05) is 19.5 Å². The summed E-state index contributed by atoms with van der Waals surface area (Å²) in [5.74, 6) is -0.245. The SMILES string of the molecule is COc1cc(N=Nc2cc(OC)c(N=Nc3c(S(=O)(=O)O)cc4cc(NC=O)ccc4c3O)cc2C)ccc1N=Nc1ccc2cc(S(=O)(=O)O)cc(S(=O)(=O)O)c2c1. The maximum absolute atomic E-state index is 12.3. The van der Waals surface area contributed by atoms with E-state index in [0.717, 1.165) is 12.1 Å². The number of fused-ring (bicyclic) bond motifs is 2. The van der Waals surface area contributed by atoms with Gasteiger partial charge in [-0.2, -0.15) is 40.6 Å². The molecule has 6 aromatic carbocycles. The highest BCUT2D eigenvalue weighted by Crippen LogP contribution is 2.44. The van der Waals surface area contributed by atoms with Gasteiger partial charge in [-0.3, -0.25) is 18.5 Å². The maximum atomic E-state index is 12.3. The Hall–Kier alpha value is -6.76. The van der Waals surface area contributed by atoms with Crippen LogP contribution in [0.15, 0.2) is 130 Å². The number of phenols is 1. The van der Waals surface area contributed by atoms with Gasteiger partial charge in [0.25, 0.3) is 30.4 Å². The standard InChI is InChI=1S/C36H29N7O13S3/c1-19-10-30(42-43-35-34(59(52,53)54)13-21-11-22(37-18-44)6-8-26(21)36(35)45)32(56-3)17-29(19)41-39-24-7-9-28(31(15-24)55-2)40-38-23-5-4-20-12-25(57(46,47)48)16-33(27(20)14-23)58(49,50)51/h4-18,45H,1-3H3,(H,37,44)(H,46,47,48)(H,49,50,51)(H,52,53,54). The maximum Gasteiger partial charge on any atom is 0.296 e. The van der Waals surface area contributed by atoms with Crippen LogP contribution in [0.4, 0.5) is 39.8 Å². The Morgan fingerprint density at radius 1 is 0.576 bits per heavy atom. The zero-order valence-electron chi connectivity index (χ0n) is 30.5. The summed E-state index contributed by atoms with van der Waals surface area (Å²) in [6.45, 7) is 1.68. The molecule has 0 heterocycles. The lowest BCUT2D eigenvalue weighted by Gasteiger charge is -2.11. The quantitative estimate of drug-likeness (QED) is 0.0413. The number of aromatic hydroxyl groups is 1. The molecule has 304 valence electrons. The number of nitrogens with zero attached hydrogens (tertiary/aromatic N) is 6. The summed E-state index contributed by atoms with van der Waals surface area (Å²) >= 11 is 0. The zero-order valence-corrected chi connectivity index (χ0v) is 33.0. The Morgan fingerprint density at radius 3 is 1.85 bits per heavy atom. The first-order valence-electron chi connectivity index (χ1n) is 16.4. The van der Waals surface area contributed by atoms with Crippen molar-refractivity contribution in [1.82, 2.24) is 0 Å². The van der Waals surface area contributed by atoms with E-state index in [-0.39, 0.29) is 50.1 Å². The molecular formula is C36H29N7O13S3. The van der Waals surface area contributed by atoms with Crippen molar-refractivity contribution >= 4 is 98.1 Å². The molecule has 59 heavy (non-hydrogen) atoms. The number of benzene rings is 6. The zero-order chi connectivity index (χ0) is 42.9. The summed E-state index contributed by atoms with van der Waals surface area (Å²) < 4.78 is 112. The Labute approximate surface area is 334 Å². The number of hydrogen-bond acceptors (Lipinski definition) is 16. The van der Waals surface area contributed by atoms with Gasteiger partial charge in [-0.1, -0.05) is 6.07 Å². The summed E-state index contributed by atoms with van der Waals surface area (Å²) in [7, 11) is -11.9. The highest BCUT2D eigenvalue weighted by atomic mass is 32.2. The van der Waals surface area contributed by atoms with Crippen LogP contribution in [0.5, 0.6) is 17.2 Å². The summed E-state index contributed by atoms with van der Waals surface area (Å²) in [5, 5.41) is 38.6. The van der Waals surface area contributed by atoms with Gasteiger partial charge in [0.05, 0.1) is 36.2 Å². The van der Waals surface area contributed by atoms with Gasteiger partial charge in [-0.15, -0.1) is 15.3 Å². The first-order chi connectivity index (χ1) is 27.8. The largest absolute Gasteiger partial charge is 0.505 e. The molecule has 0 bridgehead atoms. The Bertz CT molecular complexity index is 3140. The van der Waals surface area contributed by atoms with Crippen LogP contribution in [0.2, 0.25) is 0 Å². The number of amides is 1. The summed E-state index contributed by atoms with van der Waals surface area (Å²) in [6, 6.07) is 18.6. The number of carbonyl (C=O) groups is 1. The molecule has 5 N–H and O–H groups in total. The smallest absolute Gasteiger partial charge is 0.296 e. The molecule has 0 saturated heterocycles. The predicted octanol–water partition coefficient (Wildman–Crippen LogP) is 8.58. The predicted molar refractivity (Wildman–Crippen MR) is 212 cm³/mol. The number of azo groups is 3. The average Bonchev–Trinajstić information content (AvgIpc) is 3.17. The third kappa shape index (κ3) is 9.19. The van der Waals surface area contributed by atoms with Gasteiger partial charge in [-0.05, 0) is 90.0 Å². The fourth-order valence-corrected chi connectivity index (χ4v) is 7.67. The lowest BCUT2D eigenvalue weighted by Crippen LogP contribution is -2.04. The van der Waals surface area contributed by atoms with Crippen molar-refractivity contribution in [1.29, 1.82) is 0 Å². The number of ether oxygens (including phenoxy) is 2. The molecule has 0 aliphatic rings. The van der Waals surface area contributed by atoms with Crippen LogP contribution < -0.4 is 14.8 Å². The van der Waals surface area contributed by atoms with E-state index in [0.29, 0.717) is 35.1 Å². The van der Waals surface area contributed by atoms with Gasteiger partial charge in [0, 0.05) is 28.6 Å². The molecule has 0 aliphatic heterocycles. The van der Waals surface area contributed by atoms with Crippen LogP contribution in [-0.4, -0.2) is 64.6 Å². The van der Waals surface area contributed by atoms with Gasteiger partial charge in [0.15, 0.2) is 5.75 Å². The second-order valence-corrected chi connectivity index (χ2v) is 16.5. The third-order valence-corrected chi connectivity index (χ3v) is 11.1.